The molecular weight excluding hydrogens is 334 g/mol. The van der Waals surface area contributed by atoms with E-state index < -0.39 is 5.97 Å². The van der Waals surface area contributed by atoms with Crippen LogP contribution < -0.4 is 5.32 Å². The molecule has 2 N–H and O–H groups in total. The maximum atomic E-state index is 12.1. The van der Waals surface area contributed by atoms with Gasteiger partial charge in [-0.2, -0.15) is 0 Å². The number of carboxylic acid groups (broad SMARTS) is 1. The van der Waals surface area contributed by atoms with Gasteiger partial charge in [0.2, 0.25) is 0 Å². The summed E-state index contributed by atoms with van der Waals surface area (Å²) in [6.07, 6.45) is 1.81. The third-order valence-corrected chi connectivity index (χ3v) is 4.18. The molecule has 2 rings (SSSR count). The Morgan fingerprint density at radius 3 is 2.68 bits per heavy atom. The Morgan fingerprint density at radius 2 is 2.11 bits per heavy atom. The van der Waals surface area contributed by atoms with E-state index in [1.54, 1.807) is 18.2 Å². The van der Waals surface area contributed by atoms with E-state index in [0.717, 1.165) is 0 Å². The van der Waals surface area contributed by atoms with Gasteiger partial charge in [0.15, 0.2) is 0 Å². The number of carboxylic acids is 1. The fraction of sp³-hybridized carbons (Fsp3) is 0.385. The highest BCUT2D eigenvalue weighted by Gasteiger charge is 2.30. The average molecular weight is 347 g/mol. The van der Waals surface area contributed by atoms with Gasteiger partial charge in [-0.3, -0.25) is 9.59 Å². The fourth-order valence-electron chi connectivity index (χ4n) is 2.27. The van der Waals surface area contributed by atoms with Crippen molar-refractivity contribution in [1.82, 2.24) is 5.32 Å². The van der Waals surface area contributed by atoms with E-state index in [-0.39, 0.29) is 17.9 Å². The molecule has 1 aromatic rings. The lowest BCUT2D eigenvalue weighted by Crippen LogP contribution is -2.33. The molecule has 1 fully saturated rings. The van der Waals surface area contributed by atoms with Crippen molar-refractivity contribution < 1.29 is 14.7 Å². The molecule has 0 heterocycles. The van der Waals surface area contributed by atoms with Crippen LogP contribution in [-0.2, 0) is 4.79 Å². The predicted molar refractivity (Wildman–Crippen MR) is 75.4 cm³/mol. The molecule has 2 unspecified atom stereocenters. The molecule has 0 saturated heterocycles. The summed E-state index contributed by atoms with van der Waals surface area (Å²) in [6.45, 7) is 0. The Bertz CT molecular complexity index is 521. The minimum atomic E-state index is -0.788. The van der Waals surface area contributed by atoms with Gasteiger partial charge in [0.05, 0.1) is 11.5 Å². The van der Waals surface area contributed by atoms with Gasteiger partial charge in [0, 0.05) is 15.5 Å². The highest BCUT2D eigenvalue weighted by molar-refractivity contribution is 9.10. The zero-order valence-electron chi connectivity index (χ0n) is 10.0. The van der Waals surface area contributed by atoms with Crippen molar-refractivity contribution >= 4 is 39.4 Å². The third-order valence-electron chi connectivity index (χ3n) is 3.29. The van der Waals surface area contributed by atoms with Crippen molar-refractivity contribution in [3.05, 3.63) is 33.3 Å². The molecule has 1 aromatic carbocycles. The number of rotatable bonds is 3. The van der Waals surface area contributed by atoms with Gasteiger partial charge in [0.1, 0.15) is 0 Å². The summed E-state index contributed by atoms with van der Waals surface area (Å²) in [5.41, 5.74) is 0.503. The second kappa shape index (κ2) is 5.92. The van der Waals surface area contributed by atoms with Gasteiger partial charge in [-0.05, 0) is 53.4 Å². The summed E-state index contributed by atoms with van der Waals surface area (Å²) < 4.78 is 0.630. The Morgan fingerprint density at radius 1 is 1.37 bits per heavy atom. The summed E-state index contributed by atoms with van der Waals surface area (Å²) in [4.78, 5) is 22.9. The number of carbonyl (C=O) groups is 2. The number of hydrogen-bond donors (Lipinski definition) is 2. The largest absolute Gasteiger partial charge is 0.481 e. The van der Waals surface area contributed by atoms with Crippen molar-refractivity contribution in [3.63, 3.8) is 0 Å². The fourth-order valence-corrected chi connectivity index (χ4v) is 3.14. The molecule has 0 radical (unpaired) electrons. The lowest BCUT2D eigenvalue weighted by atomic mass is 10.1. The standard InChI is InChI=1S/C13H13BrClNO3/c14-11-6-8(15)2-4-10(11)12(17)16-9-3-1-7(5-9)13(18)19/h2,4,6-7,9H,1,3,5H2,(H,16,17)(H,18,19). The van der Waals surface area contributed by atoms with Crippen LogP contribution in [0.5, 0.6) is 0 Å². The Hall–Kier alpha value is -1.07. The number of halogens is 2. The van der Waals surface area contributed by atoms with Crippen LogP contribution in [0, 0.1) is 5.92 Å². The summed E-state index contributed by atoms with van der Waals surface area (Å²) in [5, 5.41) is 12.3. The second-order valence-electron chi connectivity index (χ2n) is 4.64. The number of amides is 1. The van der Waals surface area contributed by atoms with Crippen molar-refractivity contribution in [2.75, 3.05) is 0 Å². The molecule has 0 spiro atoms. The lowest BCUT2D eigenvalue weighted by molar-refractivity contribution is -0.141. The summed E-state index contributed by atoms with van der Waals surface area (Å²) in [5.74, 6) is -1.34. The third kappa shape index (κ3) is 3.48. The van der Waals surface area contributed by atoms with Crippen LogP contribution >= 0.6 is 27.5 Å². The van der Waals surface area contributed by atoms with Gasteiger partial charge in [-0.15, -0.1) is 0 Å². The second-order valence-corrected chi connectivity index (χ2v) is 5.93. The van der Waals surface area contributed by atoms with Crippen LogP contribution in [0.15, 0.2) is 22.7 Å². The molecular formula is C13H13BrClNO3. The lowest BCUT2D eigenvalue weighted by Gasteiger charge is -2.13. The molecule has 102 valence electrons. The molecule has 19 heavy (non-hydrogen) atoms. The van der Waals surface area contributed by atoms with Gasteiger partial charge in [0.25, 0.3) is 5.91 Å². The molecule has 0 aliphatic heterocycles. The Kier molecular flexibility index (Phi) is 4.47. The first-order chi connectivity index (χ1) is 8.97. The number of aliphatic carboxylic acids is 1. The monoisotopic (exact) mass is 345 g/mol. The van der Waals surface area contributed by atoms with Crippen molar-refractivity contribution in [2.45, 2.75) is 25.3 Å². The first-order valence-electron chi connectivity index (χ1n) is 5.96. The molecule has 2 atom stereocenters. The van der Waals surface area contributed by atoms with Crippen LogP contribution in [0.1, 0.15) is 29.6 Å². The van der Waals surface area contributed by atoms with Crippen LogP contribution in [0.4, 0.5) is 0 Å². The summed E-state index contributed by atoms with van der Waals surface area (Å²) in [7, 11) is 0. The highest BCUT2D eigenvalue weighted by Crippen LogP contribution is 2.27. The van der Waals surface area contributed by atoms with Gasteiger partial charge in [-0.25, -0.2) is 0 Å². The topological polar surface area (TPSA) is 66.4 Å². The molecule has 6 heteroatoms. The number of carbonyl (C=O) groups excluding carboxylic acids is 1. The van der Waals surface area contributed by atoms with Gasteiger partial charge >= 0.3 is 5.97 Å². The van der Waals surface area contributed by atoms with Crippen LogP contribution in [0.25, 0.3) is 0 Å². The van der Waals surface area contributed by atoms with Crippen molar-refractivity contribution in [3.8, 4) is 0 Å². The first-order valence-corrected chi connectivity index (χ1v) is 7.13. The van der Waals surface area contributed by atoms with Crippen molar-refractivity contribution in [1.29, 1.82) is 0 Å². The van der Waals surface area contributed by atoms with Gasteiger partial charge in [-0.1, -0.05) is 11.6 Å². The molecule has 0 aromatic heterocycles. The van der Waals surface area contributed by atoms with E-state index in [1.165, 1.54) is 0 Å². The zero-order chi connectivity index (χ0) is 14.0. The van der Waals surface area contributed by atoms with E-state index in [1.807, 2.05) is 0 Å². The van der Waals surface area contributed by atoms with E-state index in [2.05, 4.69) is 21.2 Å². The number of benzene rings is 1. The first kappa shape index (κ1) is 14.3. The minimum Gasteiger partial charge on any atom is -0.481 e. The van der Waals surface area contributed by atoms with Crippen molar-refractivity contribution in [2.24, 2.45) is 5.92 Å². The quantitative estimate of drug-likeness (QED) is 0.884. The minimum absolute atomic E-state index is 0.0730. The summed E-state index contributed by atoms with van der Waals surface area (Å²) >= 11 is 9.11. The maximum Gasteiger partial charge on any atom is 0.306 e. The predicted octanol–water partition coefficient (Wildman–Crippen LogP) is 3.09. The number of hydrogen-bond acceptors (Lipinski definition) is 2. The maximum absolute atomic E-state index is 12.1. The molecule has 1 amide bonds. The molecule has 1 aliphatic rings. The van der Waals surface area contributed by atoms with Crippen LogP contribution in [0.2, 0.25) is 5.02 Å². The smallest absolute Gasteiger partial charge is 0.306 e. The Labute approximate surface area is 124 Å². The average Bonchev–Trinajstić information content (AvgIpc) is 2.77. The van der Waals surface area contributed by atoms with E-state index in [0.29, 0.717) is 34.3 Å². The number of nitrogens with one attached hydrogen (secondary N) is 1. The molecule has 1 saturated carbocycles. The van der Waals surface area contributed by atoms with Crippen LogP contribution in [0.3, 0.4) is 0 Å². The van der Waals surface area contributed by atoms with E-state index in [9.17, 15) is 9.59 Å². The molecule has 0 bridgehead atoms. The molecule has 1 aliphatic carbocycles. The SMILES string of the molecule is O=C(NC1CCC(C(=O)O)C1)c1ccc(Cl)cc1Br. The van der Waals surface area contributed by atoms with E-state index in [4.69, 9.17) is 16.7 Å². The summed E-state index contributed by atoms with van der Waals surface area (Å²) in [6, 6.07) is 4.88. The normalized spacial score (nSPS) is 22.2. The van der Waals surface area contributed by atoms with Gasteiger partial charge < -0.3 is 10.4 Å². The van der Waals surface area contributed by atoms with E-state index >= 15 is 0 Å². The molecule has 4 nitrogen and oxygen atoms in total. The van der Waals surface area contributed by atoms with Crippen LogP contribution in [-0.4, -0.2) is 23.0 Å². The Balaban J connectivity index is 2.00. The highest BCUT2D eigenvalue weighted by atomic mass is 79.9. The zero-order valence-corrected chi connectivity index (χ0v) is 12.4.